The van der Waals surface area contributed by atoms with E-state index >= 15 is 0 Å². The molecular weight excluding hydrogens is 214 g/mol. The Balaban J connectivity index is 2.10. The van der Waals surface area contributed by atoms with E-state index < -0.39 is 0 Å². The van der Waals surface area contributed by atoms with Crippen LogP contribution in [0, 0.1) is 5.92 Å². The number of nitrogens with zero attached hydrogens (tertiary/aromatic N) is 1. The molecule has 1 aromatic rings. The van der Waals surface area contributed by atoms with E-state index in [1.165, 1.54) is 25.7 Å². The van der Waals surface area contributed by atoms with Gasteiger partial charge in [-0.1, -0.05) is 31.7 Å². The molecule has 1 saturated carbocycles. The third-order valence-electron chi connectivity index (χ3n) is 3.61. The van der Waals surface area contributed by atoms with E-state index in [0.29, 0.717) is 5.88 Å². The lowest BCUT2D eigenvalue weighted by Gasteiger charge is -2.21. The van der Waals surface area contributed by atoms with E-state index in [1.54, 1.807) is 13.3 Å². The SMILES string of the molecule is COc1ncccc1C(CC1CCCC1)NN. The molecule has 1 aliphatic carbocycles. The van der Waals surface area contributed by atoms with Crippen LogP contribution in [0.1, 0.15) is 43.7 Å². The molecule has 0 radical (unpaired) electrons. The van der Waals surface area contributed by atoms with Gasteiger partial charge in [-0.3, -0.25) is 11.3 Å². The highest BCUT2D eigenvalue weighted by atomic mass is 16.5. The van der Waals surface area contributed by atoms with Gasteiger partial charge >= 0.3 is 0 Å². The van der Waals surface area contributed by atoms with Crippen LogP contribution in [0.5, 0.6) is 5.88 Å². The maximum Gasteiger partial charge on any atom is 0.217 e. The maximum atomic E-state index is 5.67. The predicted octanol–water partition coefficient (Wildman–Crippen LogP) is 2.17. The average Bonchev–Trinajstić information content (AvgIpc) is 2.89. The van der Waals surface area contributed by atoms with Gasteiger partial charge in [0.1, 0.15) is 0 Å². The van der Waals surface area contributed by atoms with Gasteiger partial charge in [0.15, 0.2) is 0 Å². The van der Waals surface area contributed by atoms with Gasteiger partial charge < -0.3 is 4.74 Å². The molecule has 17 heavy (non-hydrogen) atoms. The van der Waals surface area contributed by atoms with Crippen molar-refractivity contribution >= 4 is 0 Å². The first-order chi connectivity index (χ1) is 8.35. The zero-order valence-electron chi connectivity index (χ0n) is 10.4. The number of methoxy groups -OCH3 is 1. The molecule has 1 aliphatic rings. The van der Waals surface area contributed by atoms with E-state index in [9.17, 15) is 0 Å². The van der Waals surface area contributed by atoms with Gasteiger partial charge in [0.05, 0.1) is 13.2 Å². The molecule has 0 bridgehead atoms. The minimum Gasteiger partial charge on any atom is -0.481 e. The molecule has 94 valence electrons. The maximum absolute atomic E-state index is 5.67. The second-order valence-corrected chi connectivity index (χ2v) is 4.71. The van der Waals surface area contributed by atoms with Gasteiger partial charge in [-0.2, -0.15) is 0 Å². The summed E-state index contributed by atoms with van der Waals surface area (Å²) in [5, 5.41) is 0. The number of hydrogen-bond acceptors (Lipinski definition) is 4. The minimum absolute atomic E-state index is 0.141. The van der Waals surface area contributed by atoms with Gasteiger partial charge in [-0.25, -0.2) is 4.98 Å². The highest BCUT2D eigenvalue weighted by molar-refractivity contribution is 5.28. The first-order valence-corrected chi connectivity index (χ1v) is 6.30. The van der Waals surface area contributed by atoms with Gasteiger partial charge in [0, 0.05) is 11.8 Å². The molecule has 4 heteroatoms. The fraction of sp³-hybridized carbons (Fsp3) is 0.615. The quantitative estimate of drug-likeness (QED) is 0.606. The molecule has 0 saturated heterocycles. The number of hydrogen-bond donors (Lipinski definition) is 2. The molecule has 4 nitrogen and oxygen atoms in total. The Morgan fingerprint density at radius 1 is 1.53 bits per heavy atom. The van der Waals surface area contributed by atoms with Gasteiger partial charge in [0.25, 0.3) is 0 Å². The number of hydrazine groups is 1. The summed E-state index contributed by atoms with van der Waals surface area (Å²) in [7, 11) is 1.65. The van der Waals surface area contributed by atoms with Crippen molar-refractivity contribution < 1.29 is 4.74 Å². The van der Waals surface area contributed by atoms with E-state index in [4.69, 9.17) is 10.6 Å². The molecule has 1 aromatic heterocycles. The topological polar surface area (TPSA) is 60.2 Å². The molecule has 0 aliphatic heterocycles. The normalized spacial score (nSPS) is 18.2. The molecule has 3 N–H and O–H groups in total. The van der Waals surface area contributed by atoms with Crippen molar-refractivity contribution in [1.29, 1.82) is 0 Å². The Morgan fingerprint density at radius 3 is 2.94 bits per heavy atom. The largest absolute Gasteiger partial charge is 0.481 e. The lowest BCUT2D eigenvalue weighted by atomic mass is 9.94. The van der Waals surface area contributed by atoms with Crippen LogP contribution in [0.2, 0.25) is 0 Å². The third-order valence-corrected chi connectivity index (χ3v) is 3.61. The zero-order valence-corrected chi connectivity index (χ0v) is 10.4. The summed E-state index contributed by atoms with van der Waals surface area (Å²) in [4.78, 5) is 4.22. The molecular formula is C13H21N3O. The summed E-state index contributed by atoms with van der Waals surface area (Å²) in [5.41, 5.74) is 3.96. The summed E-state index contributed by atoms with van der Waals surface area (Å²) in [5.74, 6) is 7.13. The second-order valence-electron chi connectivity index (χ2n) is 4.71. The standard InChI is InChI=1S/C13H21N3O/c1-17-13-11(7-4-8-15-13)12(16-14)9-10-5-2-3-6-10/h4,7-8,10,12,16H,2-3,5-6,9,14H2,1H3. The smallest absolute Gasteiger partial charge is 0.217 e. The van der Waals surface area contributed by atoms with Crippen LogP contribution in [0.4, 0.5) is 0 Å². The number of nitrogens with two attached hydrogens (primary N) is 1. The number of aromatic nitrogens is 1. The van der Waals surface area contributed by atoms with Crippen LogP contribution in [0.3, 0.4) is 0 Å². The summed E-state index contributed by atoms with van der Waals surface area (Å²) in [6.45, 7) is 0. The lowest BCUT2D eigenvalue weighted by Crippen LogP contribution is -2.29. The molecule has 1 heterocycles. The van der Waals surface area contributed by atoms with E-state index in [-0.39, 0.29) is 6.04 Å². The number of pyridine rings is 1. The summed E-state index contributed by atoms with van der Waals surface area (Å²) in [6.07, 6.45) is 8.16. The number of nitrogens with one attached hydrogen (secondary N) is 1. The Hall–Kier alpha value is -1.13. The summed E-state index contributed by atoms with van der Waals surface area (Å²) >= 11 is 0. The Bertz CT molecular complexity index is 350. The number of rotatable bonds is 5. The lowest BCUT2D eigenvalue weighted by molar-refractivity contribution is 0.360. The summed E-state index contributed by atoms with van der Waals surface area (Å²) < 4.78 is 5.29. The van der Waals surface area contributed by atoms with E-state index in [1.807, 2.05) is 12.1 Å². The van der Waals surface area contributed by atoms with E-state index in [0.717, 1.165) is 17.9 Å². The Labute approximate surface area is 103 Å². The average molecular weight is 235 g/mol. The molecule has 2 rings (SSSR count). The van der Waals surface area contributed by atoms with Crippen LogP contribution >= 0.6 is 0 Å². The van der Waals surface area contributed by atoms with Crippen LogP contribution in [-0.2, 0) is 0 Å². The Kier molecular flexibility index (Phi) is 4.34. The first-order valence-electron chi connectivity index (χ1n) is 6.30. The highest BCUT2D eigenvalue weighted by Gasteiger charge is 2.22. The van der Waals surface area contributed by atoms with Crippen LogP contribution in [0.25, 0.3) is 0 Å². The molecule has 0 aromatic carbocycles. The third kappa shape index (κ3) is 2.96. The van der Waals surface area contributed by atoms with Crippen molar-refractivity contribution in [3.05, 3.63) is 23.9 Å². The summed E-state index contributed by atoms with van der Waals surface area (Å²) in [6, 6.07) is 4.10. The van der Waals surface area contributed by atoms with Gasteiger partial charge in [-0.05, 0) is 18.4 Å². The molecule has 0 amide bonds. The van der Waals surface area contributed by atoms with Crippen molar-refractivity contribution in [3.8, 4) is 5.88 Å². The van der Waals surface area contributed by atoms with Crippen molar-refractivity contribution in [1.82, 2.24) is 10.4 Å². The first kappa shape index (κ1) is 12.3. The predicted molar refractivity (Wildman–Crippen MR) is 67.4 cm³/mol. The van der Waals surface area contributed by atoms with Crippen molar-refractivity contribution in [2.24, 2.45) is 11.8 Å². The van der Waals surface area contributed by atoms with Gasteiger partial charge in [0.2, 0.25) is 5.88 Å². The van der Waals surface area contributed by atoms with Crippen molar-refractivity contribution in [3.63, 3.8) is 0 Å². The Morgan fingerprint density at radius 2 is 2.29 bits per heavy atom. The monoisotopic (exact) mass is 235 g/mol. The minimum atomic E-state index is 0.141. The van der Waals surface area contributed by atoms with Crippen molar-refractivity contribution in [2.45, 2.75) is 38.1 Å². The van der Waals surface area contributed by atoms with Gasteiger partial charge in [-0.15, -0.1) is 0 Å². The van der Waals surface area contributed by atoms with E-state index in [2.05, 4.69) is 10.4 Å². The molecule has 1 atom stereocenters. The number of ether oxygens (including phenoxy) is 1. The van der Waals surface area contributed by atoms with Crippen molar-refractivity contribution in [2.75, 3.05) is 7.11 Å². The van der Waals surface area contributed by atoms with Crippen LogP contribution in [-0.4, -0.2) is 12.1 Å². The molecule has 1 unspecified atom stereocenters. The fourth-order valence-electron chi connectivity index (χ4n) is 2.70. The fourth-order valence-corrected chi connectivity index (χ4v) is 2.70. The van der Waals surface area contributed by atoms with Crippen LogP contribution in [0.15, 0.2) is 18.3 Å². The second kappa shape index (κ2) is 5.98. The van der Waals surface area contributed by atoms with Crippen LogP contribution < -0.4 is 16.0 Å². The highest BCUT2D eigenvalue weighted by Crippen LogP contribution is 2.34. The molecule has 1 fully saturated rings. The molecule has 0 spiro atoms. The zero-order chi connectivity index (χ0) is 12.1.